The third-order valence-electron chi connectivity index (χ3n) is 4.40. The van der Waals surface area contributed by atoms with Gasteiger partial charge in [0.2, 0.25) is 0 Å². The number of nitrogens with zero attached hydrogens (tertiary/aromatic N) is 3. The Kier molecular flexibility index (Phi) is 4.98. The smallest absolute Gasteiger partial charge is 0.261 e. The van der Waals surface area contributed by atoms with Crippen LogP contribution in [0.1, 0.15) is 11.6 Å². The topological polar surface area (TPSA) is 129 Å². The summed E-state index contributed by atoms with van der Waals surface area (Å²) >= 11 is -2.71. The highest BCUT2D eigenvalue weighted by Gasteiger charge is 2.22. The minimum Gasteiger partial charge on any atom is -0.755 e. The molecule has 9 nitrogen and oxygen atoms in total. The molecule has 4 rings (SSSR count). The number of anilines is 1. The molecule has 1 aliphatic rings. The second-order valence-electron chi connectivity index (χ2n) is 6.18. The summed E-state index contributed by atoms with van der Waals surface area (Å²) < 4.78 is 50.2. The second kappa shape index (κ2) is 7.59. The summed E-state index contributed by atoms with van der Waals surface area (Å²) in [7, 11) is 0. The molecule has 0 saturated carbocycles. The van der Waals surface area contributed by atoms with Gasteiger partial charge in [0.15, 0.2) is 11.6 Å². The Labute approximate surface area is 165 Å². The Balaban J connectivity index is 1.76. The van der Waals surface area contributed by atoms with Gasteiger partial charge in [-0.05, 0) is 30.3 Å². The SMILES string of the molecule is N#Cc1c(NS(=O)[O-])ccc(F)c1Oc1ccc2ncn(C3COC3)c(=O)c2c1. The molecule has 1 saturated heterocycles. The first-order valence-electron chi connectivity index (χ1n) is 8.33. The number of fused-ring (bicyclic) bond motifs is 1. The van der Waals surface area contributed by atoms with E-state index in [2.05, 4.69) is 4.98 Å². The summed E-state index contributed by atoms with van der Waals surface area (Å²) in [6.45, 7) is 0.835. The van der Waals surface area contributed by atoms with E-state index in [1.807, 2.05) is 4.72 Å². The zero-order chi connectivity index (χ0) is 20.5. The van der Waals surface area contributed by atoms with Gasteiger partial charge >= 0.3 is 0 Å². The highest BCUT2D eigenvalue weighted by atomic mass is 32.2. The molecule has 148 valence electrons. The molecule has 0 amide bonds. The molecular formula is C18H12FN4O5S-. The lowest BCUT2D eigenvalue weighted by atomic mass is 10.1. The van der Waals surface area contributed by atoms with E-state index < -0.39 is 22.8 Å². The van der Waals surface area contributed by atoms with Crippen molar-refractivity contribution < 1.29 is 22.6 Å². The maximum absolute atomic E-state index is 14.3. The summed E-state index contributed by atoms with van der Waals surface area (Å²) in [4.78, 5) is 17.0. The van der Waals surface area contributed by atoms with Crippen molar-refractivity contribution in [3.05, 3.63) is 58.4 Å². The molecule has 11 heteroatoms. The van der Waals surface area contributed by atoms with Crippen molar-refractivity contribution in [1.82, 2.24) is 9.55 Å². The van der Waals surface area contributed by atoms with Crippen molar-refractivity contribution in [3.63, 3.8) is 0 Å². The van der Waals surface area contributed by atoms with Crippen molar-refractivity contribution in [2.45, 2.75) is 6.04 Å². The maximum Gasteiger partial charge on any atom is 0.261 e. The molecule has 0 bridgehead atoms. The van der Waals surface area contributed by atoms with Gasteiger partial charge in [-0.3, -0.25) is 13.6 Å². The fourth-order valence-electron chi connectivity index (χ4n) is 2.88. The molecule has 1 atom stereocenters. The summed E-state index contributed by atoms with van der Waals surface area (Å²) in [6, 6.07) is 8.11. The lowest BCUT2D eigenvalue weighted by Gasteiger charge is -2.27. The number of nitriles is 1. The molecule has 2 aromatic carbocycles. The van der Waals surface area contributed by atoms with Crippen LogP contribution in [0.4, 0.5) is 10.1 Å². The van der Waals surface area contributed by atoms with Crippen LogP contribution in [0.3, 0.4) is 0 Å². The van der Waals surface area contributed by atoms with E-state index in [0.717, 1.165) is 12.1 Å². The molecule has 3 aromatic rings. The predicted octanol–water partition coefficient (Wildman–Crippen LogP) is 1.98. The third-order valence-corrected chi connectivity index (χ3v) is 4.79. The molecule has 0 spiro atoms. The van der Waals surface area contributed by atoms with Gasteiger partial charge in [0.05, 0.1) is 42.2 Å². The Hall–Kier alpha value is -3.33. The minimum absolute atomic E-state index is 0.0924. The zero-order valence-corrected chi connectivity index (χ0v) is 15.4. The van der Waals surface area contributed by atoms with Crippen LogP contribution in [0.2, 0.25) is 0 Å². The van der Waals surface area contributed by atoms with Crippen LogP contribution in [-0.2, 0) is 16.0 Å². The molecule has 1 fully saturated rings. The van der Waals surface area contributed by atoms with E-state index in [4.69, 9.17) is 9.47 Å². The first kappa shape index (κ1) is 19.0. The average Bonchev–Trinajstić information content (AvgIpc) is 2.65. The summed E-state index contributed by atoms with van der Waals surface area (Å²) in [5.41, 5.74) is -0.333. The van der Waals surface area contributed by atoms with Crippen LogP contribution in [0.25, 0.3) is 10.9 Å². The monoisotopic (exact) mass is 415 g/mol. The number of rotatable bonds is 5. The van der Waals surface area contributed by atoms with Crippen molar-refractivity contribution >= 4 is 27.9 Å². The number of aromatic nitrogens is 2. The quantitative estimate of drug-likeness (QED) is 0.631. The largest absolute Gasteiger partial charge is 0.755 e. The van der Waals surface area contributed by atoms with E-state index >= 15 is 0 Å². The summed E-state index contributed by atoms with van der Waals surface area (Å²) in [6.07, 6.45) is 1.45. The van der Waals surface area contributed by atoms with Crippen LogP contribution in [0.15, 0.2) is 41.5 Å². The normalized spacial score (nSPS) is 14.8. The number of halogens is 1. The lowest BCUT2D eigenvalue weighted by molar-refractivity contribution is -0.0250. The van der Waals surface area contributed by atoms with Gasteiger partial charge in [-0.1, -0.05) is 0 Å². The van der Waals surface area contributed by atoms with E-state index in [9.17, 15) is 23.2 Å². The van der Waals surface area contributed by atoms with Gasteiger partial charge in [0.1, 0.15) is 17.4 Å². The zero-order valence-electron chi connectivity index (χ0n) is 14.6. The molecule has 29 heavy (non-hydrogen) atoms. The lowest BCUT2D eigenvalue weighted by Crippen LogP contribution is -2.37. The van der Waals surface area contributed by atoms with Crippen LogP contribution >= 0.6 is 0 Å². The average molecular weight is 415 g/mol. The van der Waals surface area contributed by atoms with Crippen LogP contribution in [0.5, 0.6) is 11.5 Å². The van der Waals surface area contributed by atoms with E-state index in [1.54, 1.807) is 6.07 Å². The van der Waals surface area contributed by atoms with Gasteiger partial charge in [0, 0.05) is 11.3 Å². The second-order valence-corrected chi connectivity index (χ2v) is 6.85. The first-order chi connectivity index (χ1) is 14.0. The minimum atomic E-state index is -2.71. The third kappa shape index (κ3) is 3.56. The molecule has 1 unspecified atom stereocenters. The highest BCUT2D eigenvalue weighted by molar-refractivity contribution is 7.80. The standard InChI is InChI=1S/C18H13FN4O5S/c19-14-2-4-16(22-29(25)26)13(6-20)17(14)28-11-1-3-15-12(5-11)18(24)23(9-21-15)10-7-27-8-10/h1-5,9-10,22H,7-8H2,(H,25,26)/p-1. The predicted molar refractivity (Wildman–Crippen MR) is 99.6 cm³/mol. The van der Waals surface area contributed by atoms with Crippen LogP contribution in [0, 0.1) is 17.1 Å². The maximum atomic E-state index is 14.3. The van der Waals surface area contributed by atoms with Crippen molar-refractivity contribution in [1.29, 1.82) is 5.26 Å². The Morgan fingerprint density at radius 2 is 2.17 bits per heavy atom. The van der Waals surface area contributed by atoms with Gasteiger partial charge in [-0.15, -0.1) is 0 Å². The molecule has 1 aromatic heterocycles. The number of hydrogen-bond acceptors (Lipinski definition) is 7. The van der Waals surface area contributed by atoms with Crippen molar-refractivity contribution in [2.75, 3.05) is 17.9 Å². The molecule has 0 radical (unpaired) electrons. The van der Waals surface area contributed by atoms with E-state index in [1.165, 1.54) is 29.1 Å². The molecule has 0 aliphatic carbocycles. The Bertz CT molecular complexity index is 1240. The fourth-order valence-corrected chi connectivity index (χ4v) is 3.23. The van der Waals surface area contributed by atoms with E-state index in [0.29, 0.717) is 18.7 Å². The fraction of sp³-hybridized carbons (Fsp3) is 0.167. The Morgan fingerprint density at radius 1 is 1.38 bits per heavy atom. The van der Waals surface area contributed by atoms with Crippen LogP contribution in [-0.4, -0.2) is 31.5 Å². The van der Waals surface area contributed by atoms with Crippen LogP contribution < -0.4 is 15.0 Å². The molecular weight excluding hydrogens is 403 g/mol. The van der Waals surface area contributed by atoms with Crippen molar-refractivity contribution in [3.8, 4) is 17.6 Å². The molecule has 1 aliphatic heterocycles. The van der Waals surface area contributed by atoms with E-state index in [-0.39, 0.29) is 34.0 Å². The molecule has 1 N–H and O–H groups in total. The highest BCUT2D eigenvalue weighted by Crippen LogP contribution is 2.33. The van der Waals surface area contributed by atoms with Gasteiger partial charge in [-0.2, -0.15) is 5.26 Å². The Morgan fingerprint density at radius 3 is 2.83 bits per heavy atom. The number of ether oxygens (including phenoxy) is 2. The number of hydrogen-bond donors (Lipinski definition) is 1. The summed E-state index contributed by atoms with van der Waals surface area (Å²) in [5.74, 6) is -1.23. The first-order valence-corrected chi connectivity index (χ1v) is 9.40. The van der Waals surface area contributed by atoms with Crippen molar-refractivity contribution in [2.24, 2.45) is 0 Å². The van der Waals surface area contributed by atoms with Gasteiger partial charge in [0.25, 0.3) is 5.56 Å². The number of nitrogens with one attached hydrogen (secondary N) is 1. The molecule has 2 heterocycles. The van der Waals surface area contributed by atoms with Gasteiger partial charge in [-0.25, -0.2) is 9.37 Å². The van der Waals surface area contributed by atoms with Gasteiger partial charge < -0.3 is 18.7 Å². The number of benzene rings is 2. The summed E-state index contributed by atoms with van der Waals surface area (Å²) in [5, 5.41) is 9.60.